The normalized spacial score (nSPS) is 22.4. The van der Waals surface area contributed by atoms with Crippen molar-refractivity contribution in [3.8, 4) is 0 Å². The zero-order valence-electron chi connectivity index (χ0n) is 11.3. The van der Waals surface area contributed by atoms with Gasteiger partial charge in [0.1, 0.15) is 5.82 Å². The molecule has 0 aliphatic carbocycles. The van der Waals surface area contributed by atoms with Gasteiger partial charge in [-0.25, -0.2) is 4.39 Å². The lowest BCUT2D eigenvalue weighted by Crippen LogP contribution is -2.42. The average molecular weight is 264 g/mol. The van der Waals surface area contributed by atoms with E-state index in [0.29, 0.717) is 6.54 Å². The van der Waals surface area contributed by atoms with Crippen molar-refractivity contribution < 1.29 is 9.18 Å². The second-order valence-electron chi connectivity index (χ2n) is 5.27. The van der Waals surface area contributed by atoms with Crippen molar-refractivity contribution in [2.45, 2.75) is 32.7 Å². The van der Waals surface area contributed by atoms with Gasteiger partial charge in [0.25, 0.3) is 0 Å². The van der Waals surface area contributed by atoms with Crippen LogP contribution in [-0.2, 0) is 11.3 Å². The van der Waals surface area contributed by atoms with E-state index in [1.807, 2.05) is 6.07 Å². The van der Waals surface area contributed by atoms with Crippen molar-refractivity contribution in [1.82, 2.24) is 10.6 Å². The van der Waals surface area contributed by atoms with Gasteiger partial charge in [-0.1, -0.05) is 25.5 Å². The van der Waals surface area contributed by atoms with Crippen molar-refractivity contribution in [3.05, 3.63) is 35.6 Å². The number of hydrogen-bond acceptors (Lipinski definition) is 2. The van der Waals surface area contributed by atoms with Crippen LogP contribution in [0.5, 0.6) is 0 Å². The Kier molecular flexibility index (Phi) is 4.53. The van der Waals surface area contributed by atoms with Crippen LogP contribution in [0.4, 0.5) is 4.39 Å². The molecule has 1 amide bonds. The van der Waals surface area contributed by atoms with Gasteiger partial charge in [-0.15, -0.1) is 0 Å². The molecule has 2 N–H and O–H groups in total. The molecule has 104 valence electrons. The smallest absolute Gasteiger partial charge is 0.227 e. The maximum atomic E-state index is 13.1. The molecule has 1 heterocycles. The van der Waals surface area contributed by atoms with E-state index in [-0.39, 0.29) is 17.1 Å². The van der Waals surface area contributed by atoms with Crippen molar-refractivity contribution in [2.24, 2.45) is 5.41 Å². The lowest BCUT2D eigenvalue weighted by molar-refractivity contribution is -0.130. The number of amides is 1. The molecule has 1 fully saturated rings. The lowest BCUT2D eigenvalue weighted by Gasteiger charge is -2.26. The van der Waals surface area contributed by atoms with Gasteiger partial charge in [-0.3, -0.25) is 4.79 Å². The molecular weight excluding hydrogens is 243 g/mol. The average Bonchev–Trinajstić information content (AvgIpc) is 2.86. The summed E-state index contributed by atoms with van der Waals surface area (Å²) in [5, 5.41) is 6.21. The fraction of sp³-hybridized carbons (Fsp3) is 0.533. The van der Waals surface area contributed by atoms with E-state index in [2.05, 4.69) is 17.6 Å². The predicted molar refractivity (Wildman–Crippen MR) is 73.1 cm³/mol. The maximum Gasteiger partial charge on any atom is 0.227 e. The van der Waals surface area contributed by atoms with Gasteiger partial charge in [0.2, 0.25) is 5.91 Å². The van der Waals surface area contributed by atoms with Crippen LogP contribution in [0.2, 0.25) is 0 Å². The molecule has 0 saturated carbocycles. The third kappa shape index (κ3) is 3.32. The number of carbonyl (C=O) groups excluding carboxylic acids is 1. The highest BCUT2D eigenvalue weighted by molar-refractivity contribution is 5.83. The fourth-order valence-corrected chi connectivity index (χ4v) is 2.76. The Balaban J connectivity index is 1.96. The van der Waals surface area contributed by atoms with Crippen LogP contribution in [0, 0.1) is 11.2 Å². The molecule has 1 atom stereocenters. The van der Waals surface area contributed by atoms with E-state index >= 15 is 0 Å². The van der Waals surface area contributed by atoms with Crippen LogP contribution in [0.25, 0.3) is 0 Å². The third-order valence-electron chi connectivity index (χ3n) is 3.80. The Morgan fingerprint density at radius 3 is 3.00 bits per heavy atom. The Morgan fingerprint density at radius 2 is 2.37 bits per heavy atom. The summed E-state index contributed by atoms with van der Waals surface area (Å²) < 4.78 is 13.1. The first-order chi connectivity index (χ1) is 9.16. The molecule has 1 unspecified atom stereocenters. The first-order valence-electron chi connectivity index (χ1n) is 6.90. The fourth-order valence-electron chi connectivity index (χ4n) is 2.76. The molecular formula is C15H21FN2O. The molecule has 1 aromatic carbocycles. The topological polar surface area (TPSA) is 41.1 Å². The first-order valence-corrected chi connectivity index (χ1v) is 6.90. The summed E-state index contributed by atoms with van der Waals surface area (Å²) in [7, 11) is 0. The van der Waals surface area contributed by atoms with E-state index in [1.54, 1.807) is 6.07 Å². The van der Waals surface area contributed by atoms with Gasteiger partial charge < -0.3 is 10.6 Å². The zero-order chi connectivity index (χ0) is 13.7. The van der Waals surface area contributed by atoms with Gasteiger partial charge in [0.05, 0.1) is 5.41 Å². The number of hydrogen-bond donors (Lipinski definition) is 2. The van der Waals surface area contributed by atoms with Crippen molar-refractivity contribution in [1.29, 1.82) is 0 Å². The molecule has 0 bridgehead atoms. The molecule has 3 nitrogen and oxygen atoms in total. The van der Waals surface area contributed by atoms with Crippen LogP contribution in [0.1, 0.15) is 31.7 Å². The Morgan fingerprint density at radius 1 is 1.53 bits per heavy atom. The van der Waals surface area contributed by atoms with E-state index in [4.69, 9.17) is 0 Å². The number of halogens is 1. The number of nitrogens with one attached hydrogen (secondary N) is 2. The van der Waals surface area contributed by atoms with E-state index in [9.17, 15) is 9.18 Å². The summed E-state index contributed by atoms with van der Waals surface area (Å²) in [6.45, 7) is 4.13. The van der Waals surface area contributed by atoms with Gasteiger partial charge >= 0.3 is 0 Å². The Labute approximate surface area is 113 Å². The summed E-state index contributed by atoms with van der Waals surface area (Å²) in [5.41, 5.74) is 0.521. The Bertz CT molecular complexity index is 442. The molecule has 1 aromatic rings. The predicted octanol–water partition coefficient (Wildman–Crippen LogP) is 2.22. The highest BCUT2D eigenvalue weighted by Gasteiger charge is 2.39. The largest absolute Gasteiger partial charge is 0.352 e. The maximum absolute atomic E-state index is 13.1. The van der Waals surface area contributed by atoms with E-state index in [0.717, 1.165) is 37.9 Å². The van der Waals surface area contributed by atoms with Crippen LogP contribution in [0.15, 0.2) is 24.3 Å². The highest BCUT2D eigenvalue weighted by atomic mass is 19.1. The zero-order valence-corrected chi connectivity index (χ0v) is 11.3. The van der Waals surface area contributed by atoms with Gasteiger partial charge in [-0.05, 0) is 37.1 Å². The molecule has 0 aromatic heterocycles. The van der Waals surface area contributed by atoms with Crippen molar-refractivity contribution in [3.63, 3.8) is 0 Å². The van der Waals surface area contributed by atoms with Gasteiger partial charge in [-0.2, -0.15) is 0 Å². The van der Waals surface area contributed by atoms with Gasteiger partial charge in [0, 0.05) is 13.1 Å². The summed E-state index contributed by atoms with van der Waals surface area (Å²) in [4.78, 5) is 12.4. The monoisotopic (exact) mass is 264 g/mol. The minimum absolute atomic E-state index is 0.0867. The quantitative estimate of drug-likeness (QED) is 0.856. The van der Waals surface area contributed by atoms with Crippen molar-refractivity contribution in [2.75, 3.05) is 13.1 Å². The summed E-state index contributed by atoms with van der Waals surface area (Å²) >= 11 is 0. The van der Waals surface area contributed by atoms with Crippen LogP contribution < -0.4 is 10.6 Å². The molecule has 0 radical (unpaired) electrons. The summed E-state index contributed by atoms with van der Waals surface area (Å²) in [6.07, 6.45) is 2.78. The minimum atomic E-state index is -0.276. The van der Waals surface area contributed by atoms with Crippen LogP contribution in [0.3, 0.4) is 0 Å². The molecule has 19 heavy (non-hydrogen) atoms. The SMILES string of the molecule is CCCC1(C(=O)NCc2cccc(F)c2)CCNC1. The first kappa shape index (κ1) is 14.0. The summed E-state index contributed by atoms with van der Waals surface area (Å²) in [5.74, 6) is -0.179. The number of rotatable bonds is 5. The molecule has 4 heteroatoms. The standard InChI is InChI=1S/C15H21FN2O/c1-2-6-15(7-8-17-11-15)14(19)18-10-12-4-3-5-13(16)9-12/h3-5,9,17H,2,6-8,10-11H2,1H3,(H,18,19). The highest BCUT2D eigenvalue weighted by Crippen LogP contribution is 2.31. The molecule has 2 rings (SSSR count). The Hall–Kier alpha value is -1.42. The molecule has 1 aliphatic heterocycles. The molecule has 1 saturated heterocycles. The minimum Gasteiger partial charge on any atom is -0.352 e. The second kappa shape index (κ2) is 6.15. The van der Waals surface area contributed by atoms with E-state index < -0.39 is 0 Å². The summed E-state index contributed by atoms with van der Waals surface area (Å²) in [6, 6.07) is 6.35. The van der Waals surface area contributed by atoms with Crippen LogP contribution in [-0.4, -0.2) is 19.0 Å². The van der Waals surface area contributed by atoms with Crippen LogP contribution >= 0.6 is 0 Å². The third-order valence-corrected chi connectivity index (χ3v) is 3.80. The van der Waals surface area contributed by atoms with Gasteiger partial charge in [0.15, 0.2) is 0 Å². The molecule has 0 spiro atoms. The number of carbonyl (C=O) groups is 1. The van der Waals surface area contributed by atoms with E-state index in [1.165, 1.54) is 12.1 Å². The molecule has 1 aliphatic rings. The number of benzene rings is 1. The van der Waals surface area contributed by atoms with Crippen molar-refractivity contribution >= 4 is 5.91 Å². The lowest BCUT2D eigenvalue weighted by atomic mass is 9.81. The second-order valence-corrected chi connectivity index (χ2v) is 5.27.